The summed E-state index contributed by atoms with van der Waals surface area (Å²) in [6.45, 7) is 7.09. The van der Waals surface area contributed by atoms with Crippen LogP contribution in [0.4, 0.5) is 5.82 Å². The minimum absolute atomic E-state index is 0.286. The van der Waals surface area contributed by atoms with Gasteiger partial charge in [0, 0.05) is 11.9 Å². The molecule has 0 spiro atoms. The molecule has 3 aromatic rings. The number of pyridine rings is 1. The Hall–Kier alpha value is -2.14. The van der Waals surface area contributed by atoms with Crippen LogP contribution in [-0.4, -0.2) is 28.6 Å². The van der Waals surface area contributed by atoms with E-state index in [4.69, 9.17) is 21.3 Å². The molecule has 1 aromatic carbocycles. The van der Waals surface area contributed by atoms with Gasteiger partial charge in [-0.25, -0.2) is 4.98 Å². The topological polar surface area (TPSA) is 59.9 Å². The van der Waals surface area contributed by atoms with Crippen molar-refractivity contribution >= 4 is 39.4 Å². The summed E-state index contributed by atoms with van der Waals surface area (Å²) in [5, 5.41) is 4.81. The summed E-state index contributed by atoms with van der Waals surface area (Å²) >= 11 is 6.65. The molecule has 1 N–H and O–H groups in total. The van der Waals surface area contributed by atoms with Crippen molar-refractivity contribution in [2.45, 2.75) is 33.6 Å². The highest BCUT2D eigenvalue weighted by molar-refractivity contribution is 6.40. The highest BCUT2D eigenvalue weighted by atomic mass is 35.5. The van der Waals surface area contributed by atoms with E-state index in [9.17, 15) is 0 Å². The molecule has 0 amide bonds. The summed E-state index contributed by atoms with van der Waals surface area (Å²) in [4.78, 5) is 13.6. The van der Waals surface area contributed by atoms with Gasteiger partial charge in [-0.2, -0.15) is 9.97 Å². The maximum Gasteiger partial charge on any atom is 0.318 e. The smallest absolute Gasteiger partial charge is 0.318 e. The molecule has 0 aliphatic rings. The summed E-state index contributed by atoms with van der Waals surface area (Å²) in [5.74, 6) is 0.660. The average molecular weight is 345 g/mol. The molecule has 3 rings (SSSR count). The molecule has 0 radical (unpaired) electrons. The number of hydrogen-bond donors (Lipinski definition) is 1. The Kier molecular flexibility index (Phi) is 4.71. The van der Waals surface area contributed by atoms with Gasteiger partial charge in [-0.3, -0.25) is 0 Å². The molecule has 2 heterocycles. The molecule has 0 aliphatic heterocycles. The first kappa shape index (κ1) is 16.7. The summed E-state index contributed by atoms with van der Waals surface area (Å²) in [7, 11) is 1.55. The van der Waals surface area contributed by atoms with Crippen LogP contribution in [0.5, 0.6) is 6.01 Å². The van der Waals surface area contributed by atoms with E-state index in [0.717, 1.165) is 30.3 Å². The first-order valence-electron chi connectivity index (χ1n) is 8.11. The van der Waals surface area contributed by atoms with Crippen LogP contribution >= 0.6 is 11.6 Å². The Morgan fingerprint density at radius 3 is 2.54 bits per heavy atom. The van der Waals surface area contributed by atoms with Crippen molar-refractivity contribution in [2.75, 3.05) is 19.0 Å². The molecule has 24 heavy (non-hydrogen) atoms. The van der Waals surface area contributed by atoms with Gasteiger partial charge in [-0.15, -0.1) is 0 Å². The molecule has 0 fully saturated rings. The van der Waals surface area contributed by atoms with Crippen LogP contribution in [-0.2, 0) is 0 Å². The number of anilines is 1. The predicted molar refractivity (Wildman–Crippen MR) is 99.3 cm³/mol. The molecule has 0 unspecified atom stereocenters. The van der Waals surface area contributed by atoms with E-state index in [0.29, 0.717) is 21.9 Å². The molecule has 126 valence electrons. The van der Waals surface area contributed by atoms with Crippen LogP contribution < -0.4 is 10.1 Å². The van der Waals surface area contributed by atoms with Crippen molar-refractivity contribution in [3.8, 4) is 6.01 Å². The van der Waals surface area contributed by atoms with E-state index in [1.54, 1.807) is 7.11 Å². The summed E-state index contributed by atoms with van der Waals surface area (Å²) in [6.07, 6.45) is 2.15. The summed E-state index contributed by atoms with van der Waals surface area (Å²) in [5.41, 5.74) is 4.49. The van der Waals surface area contributed by atoms with Gasteiger partial charge in [0.05, 0.1) is 17.6 Å². The molecule has 0 atom stereocenters. The highest BCUT2D eigenvalue weighted by Crippen LogP contribution is 2.34. The number of methoxy groups -OCH3 is 1. The maximum atomic E-state index is 6.65. The SMILES string of the molecule is CCCCNc1nc(OC)nc2c(Cl)c3cc(C)c(C)cc3nc12. The molecule has 0 saturated carbocycles. The number of nitrogens with one attached hydrogen (secondary N) is 1. The fraction of sp³-hybridized carbons (Fsp3) is 0.389. The van der Waals surface area contributed by atoms with Gasteiger partial charge >= 0.3 is 6.01 Å². The minimum atomic E-state index is 0.286. The van der Waals surface area contributed by atoms with Crippen LogP contribution in [0.15, 0.2) is 12.1 Å². The van der Waals surface area contributed by atoms with E-state index < -0.39 is 0 Å². The Balaban J connectivity index is 2.28. The molecular formula is C18H21ClN4O. The number of aryl methyl sites for hydroxylation is 2. The largest absolute Gasteiger partial charge is 0.467 e. The molecule has 0 bridgehead atoms. The number of rotatable bonds is 5. The fourth-order valence-corrected chi connectivity index (χ4v) is 2.89. The van der Waals surface area contributed by atoms with E-state index in [1.165, 1.54) is 11.1 Å². The number of aromatic nitrogens is 3. The van der Waals surface area contributed by atoms with Gasteiger partial charge in [0.15, 0.2) is 5.82 Å². The average Bonchev–Trinajstić information content (AvgIpc) is 2.57. The van der Waals surface area contributed by atoms with Gasteiger partial charge in [0.2, 0.25) is 0 Å². The number of fused-ring (bicyclic) bond motifs is 2. The Morgan fingerprint density at radius 1 is 1.08 bits per heavy atom. The number of nitrogens with zero attached hydrogens (tertiary/aromatic N) is 3. The van der Waals surface area contributed by atoms with Crippen molar-refractivity contribution in [3.05, 3.63) is 28.3 Å². The lowest BCUT2D eigenvalue weighted by Crippen LogP contribution is -2.07. The standard InChI is InChI=1S/C18H21ClN4O/c1-5-6-7-20-17-16-15(22-18(23-17)24-4)14(19)12-8-10(2)11(3)9-13(12)21-16/h8-9H,5-7H2,1-4H3,(H,20,22,23). The minimum Gasteiger partial charge on any atom is -0.467 e. The third-order valence-electron chi connectivity index (χ3n) is 4.16. The van der Waals surface area contributed by atoms with E-state index >= 15 is 0 Å². The van der Waals surface area contributed by atoms with Gasteiger partial charge in [0.25, 0.3) is 0 Å². The van der Waals surface area contributed by atoms with Gasteiger partial charge in [-0.05, 0) is 43.5 Å². The van der Waals surface area contributed by atoms with Crippen LogP contribution in [0.3, 0.4) is 0 Å². The van der Waals surface area contributed by atoms with Gasteiger partial charge in [0.1, 0.15) is 11.0 Å². The number of hydrogen-bond acceptors (Lipinski definition) is 5. The quantitative estimate of drug-likeness (QED) is 0.538. The molecule has 0 aliphatic carbocycles. The number of benzene rings is 1. The zero-order chi connectivity index (χ0) is 17.3. The van der Waals surface area contributed by atoms with E-state index in [1.807, 2.05) is 0 Å². The predicted octanol–water partition coefficient (Wildman–Crippen LogP) is 4.67. The molecule has 2 aromatic heterocycles. The third-order valence-corrected chi connectivity index (χ3v) is 4.54. The zero-order valence-electron chi connectivity index (χ0n) is 14.4. The molecule has 0 saturated heterocycles. The van der Waals surface area contributed by atoms with Crippen molar-refractivity contribution in [1.82, 2.24) is 15.0 Å². The van der Waals surface area contributed by atoms with Crippen LogP contribution in [0.1, 0.15) is 30.9 Å². The second-order valence-corrected chi connectivity index (χ2v) is 6.29. The number of unbranched alkanes of at least 4 members (excludes halogenated alkanes) is 1. The first-order chi connectivity index (χ1) is 11.5. The molecular weight excluding hydrogens is 324 g/mol. The number of ether oxygens (including phenoxy) is 1. The van der Waals surface area contributed by atoms with E-state index in [2.05, 4.69) is 48.2 Å². The van der Waals surface area contributed by atoms with Crippen molar-refractivity contribution in [3.63, 3.8) is 0 Å². The van der Waals surface area contributed by atoms with Gasteiger partial charge < -0.3 is 10.1 Å². The lowest BCUT2D eigenvalue weighted by Gasteiger charge is -2.12. The first-order valence-corrected chi connectivity index (χ1v) is 8.49. The summed E-state index contributed by atoms with van der Waals surface area (Å²) < 4.78 is 5.23. The third kappa shape index (κ3) is 2.96. The lowest BCUT2D eigenvalue weighted by atomic mass is 10.1. The number of halogens is 1. The second kappa shape index (κ2) is 6.77. The Bertz CT molecular complexity index is 911. The highest BCUT2D eigenvalue weighted by Gasteiger charge is 2.16. The Labute approximate surface area is 146 Å². The van der Waals surface area contributed by atoms with E-state index in [-0.39, 0.29) is 6.01 Å². The second-order valence-electron chi connectivity index (χ2n) is 5.92. The monoisotopic (exact) mass is 344 g/mol. The van der Waals surface area contributed by atoms with Crippen LogP contribution in [0.2, 0.25) is 5.02 Å². The fourth-order valence-electron chi connectivity index (χ4n) is 2.61. The van der Waals surface area contributed by atoms with Crippen molar-refractivity contribution in [2.24, 2.45) is 0 Å². The summed E-state index contributed by atoms with van der Waals surface area (Å²) in [6, 6.07) is 4.39. The van der Waals surface area contributed by atoms with Crippen LogP contribution in [0.25, 0.3) is 21.9 Å². The van der Waals surface area contributed by atoms with Crippen molar-refractivity contribution in [1.29, 1.82) is 0 Å². The zero-order valence-corrected chi connectivity index (χ0v) is 15.2. The van der Waals surface area contributed by atoms with Crippen LogP contribution in [0, 0.1) is 13.8 Å². The lowest BCUT2D eigenvalue weighted by molar-refractivity contribution is 0.382. The van der Waals surface area contributed by atoms with Crippen molar-refractivity contribution < 1.29 is 4.74 Å². The molecule has 6 heteroatoms. The molecule has 5 nitrogen and oxygen atoms in total. The van der Waals surface area contributed by atoms with Gasteiger partial charge in [-0.1, -0.05) is 24.9 Å². The maximum absolute atomic E-state index is 6.65. The normalized spacial score (nSPS) is 11.2. The Morgan fingerprint density at radius 2 is 1.83 bits per heavy atom.